The average Bonchev–Trinajstić information content (AvgIpc) is 2.45. The van der Waals surface area contributed by atoms with Crippen molar-refractivity contribution >= 4 is 5.91 Å². The lowest BCUT2D eigenvalue weighted by Crippen LogP contribution is -2.58. The molecule has 0 aromatic heterocycles. The smallest absolute Gasteiger partial charge is 0.248 e. The van der Waals surface area contributed by atoms with Crippen LogP contribution in [-0.2, 0) is 19.0 Å². The fraction of sp³-hybridized carbons (Fsp3) is 0.929. The molecule has 1 amide bonds. The van der Waals surface area contributed by atoms with Crippen molar-refractivity contribution in [2.75, 3.05) is 46.6 Å². The predicted molar refractivity (Wildman–Crippen MR) is 71.0 cm³/mol. The largest absolute Gasteiger partial charge is 0.381 e. The first-order valence-corrected chi connectivity index (χ1v) is 7.18. The van der Waals surface area contributed by atoms with Crippen LogP contribution in [0.1, 0.15) is 26.2 Å². The van der Waals surface area contributed by atoms with Gasteiger partial charge >= 0.3 is 0 Å². The van der Waals surface area contributed by atoms with Gasteiger partial charge in [-0.25, -0.2) is 0 Å². The lowest BCUT2D eigenvalue weighted by atomic mass is 9.73. The molecule has 2 aliphatic heterocycles. The minimum Gasteiger partial charge on any atom is -0.381 e. The summed E-state index contributed by atoms with van der Waals surface area (Å²) in [6.07, 6.45) is 3.27. The number of likely N-dealkylation sites (tertiary alicyclic amines) is 1. The third-order valence-corrected chi connectivity index (χ3v) is 4.20. The molecule has 0 unspecified atom stereocenters. The lowest BCUT2D eigenvalue weighted by molar-refractivity contribution is -0.166. The highest BCUT2D eigenvalue weighted by Crippen LogP contribution is 2.40. The summed E-state index contributed by atoms with van der Waals surface area (Å²) in [5.41, 5.74) is -0.0179. The van der Waals surface area contributed by atoms with E-state index in [-0.39, 0.29) is 24.0 Å². The van der Waals surface area contributed by atoms with E-state index in [0.717, 1.165) is 39.0 Å². The van der Waals surface area contributed by atoms with E-state index >= 15 is 0 Å². The minimum atomic E-state index is -0.0179. The second-order valence-electron chi connectivity index (χ2n) is 5.50. The fourth-order valence-corrected chi connectivity index (χ4v) is 3.23. The SMILES string of the molecule is CCOC[C@]12CCCO[C@@H]1CCN(C(=O)COC)C2. The van der Waals surface area contributed by atoms with E-state index in [1.165, 1.54) is 0 Å². The number of nitrogens with zero attached hydrogens (tertiary/aromatic N) is 1. The predicted octanol–water partition coefficient (Wildman–Crippen LogP) is 1.07. The molecule has 0 bridgehead atoms. The molecule has 2 saturated heterocycles. The van der Waals surface area contributed by atoms with E-state index in [2.05, 4.69) is 0 Å². The maximum Gasteiger partial charge on any atom is 0.248 e. The standard InChI is InChI=1S/C14H25NO4/c1-3-18-11-14-6-4-8-19-12(14)5-7-15(10-14)13(16)9-17-2/h12H,3-11H2,1-2H3/t12-,14-/m1/s1. The highest BCUT2D eigenvalue weighted by atomic mass is 16.5. The molecule has 5 nitrogen and oxygen atoms in total. The van der Waals surface area contributed by atoms with E-state index in [1.807, 2.05) is 11.8 Å². The van der Waals surface area contributed by atoms with Crippen LogP contribution in [0.5, 0.6) is 0 Å². The molecule has 0 spiro atoms. The number of ether oxygens (including phenoxy) is 3. The molecule has 5 heteroatoms. The van der Waals surface area contributed by atoms with Crippen molar-refractivity contribution in [3.05, 3.63) is 0 Å². The van der Waals surface area contributed by atoms with Crippen LogP contribution in [0.2, 0.25) is 0 Å². The summed E-state index contributed by atoms with van der Waals surface area (Å²) in [5.74, 6) is 0.0717. The van der Waals surface area contributed by atoms with Crippen LogP contribution in [0.3, 0.4) is 0 Å². The first-order valence-electron chi connectivity index (χ1n) is 7.18. The van der Waals surface area contributed by atoms with Crippen LogP contribution in [0.25, 0.3) is 0 Å². The van der Waals surface area contributed by atoms with Crippen LogP contribution in [-0.4, -0.2) is 63.5 Å². The Hall–Kier alpha value is -0.650. The van der Waals surface area contributed by atoms with Crippen molar-refractivity contribution in [1.29, 1.82) is 0 Å². The van der Waals surface area contributed by atoms with Gasteiger partial charge in [0.25, 0.3) is 0 Å². The number of carbonyl (C=O) groups excluding carboxylic acids is 1. The molecule has 2 fully saturated rings. The van der Waals surface area contributed by atoms with Crippen molar-refractivity contribution in [3.8, 4) is 0 Å². The van der Waals surface area contributed by atoms with E-state index in [1.54, 1.807) is 7.11 Å². The van der Waals surface area contributed by atoms with Crippen molar-refractivity contribution in [1.82, 2.24) is 4.90 Å². The van der Waals surface area contributed by atoms with Crippen LogP contribution < -0.4 is 0 Å². The second kappa shape index (κ2) is 6.68. The molecule has 110 valence electrons. The van der Waals surface area contributed by atoms with Crippen molar-refractivity contribution in [2.45, 2.75) is 32.3 Å². The Morgan fingerprint density at radius 3 is 3.11 bits per heavy atom. The first-order chi connectivity index (χ1) is 9.22. The molecule has 2 heterocycles. The van der Waals surface area contributed by atoms with Crippen molar-refractivity contribution in [3.63, 3.8) is 0 Å². The number of methoxy groups -OCH3 is 1. The van der Waals surface area contributed by atoms with Gasteiger partial charge in [0.1, 0.15) is 6.61 Å². The van der Waals surface area contributed by atoms with Gasteiger partial charge in [0, 0.05) is 38.8 Å². The van der Waals surface area contributed by atoms with Gasteiger partial charge in [-0.15, -0.1) is 0 Å². The number of piperidine rings is 1. The van der Waals surface area contributed by atoms with E-state index < -0.39 is 0 Å². The van der Waals surface area contributed by atoms with Crippen LogP contribution in [0.15, 0.2) is 0 Å². The van der Waals surface area contributed by atoms with E-state index in [0.29, 0.717) is 13.2 Å². The van der Waals surface area contributed by atoms with E-state index in [9.17, 15) is 4.79 Å². The number of hydrogen-bond donors (Lipinski definition) is 0. The molecule has 0 N–H and O–H groups in total. The summed E-state index contributed by atoms with van der Waals surface area (Å²) in [4.78, 5) is 13.9. The number of rotatable bonds is 5. The summed E-state index contributed by atoms with van der Waals surface area (Å²) >= 11 is 0. The third-order valence-electron chi connectivity index (χ3n) is 4.20. The molecular formula is C14H25NO4. The van der Waals surface area contributed by atoms with Crippen LogP contribution in [0.4, 0.5) is 0 Å². The first kappa shape index (κ1) is 14.8. The van der Waals surface area contributed by atoms with Gasteiger partial charge in [0.05, 0.1) is 12.7 Å². The topological polar surface area (TPSA) is 48.0 Å². The summed E-state index contributed by atoms with van der Waals surface area (Å²) < 4.78 is 16.5. The Morgan fingerprint density at radius 2 is 2.37 bits per heavy atom. The minimum absolute atomic E-state index is 0.0179. The van der Waals surface area contributed by atoms with Crippen molar-refractivity contribution < 1.29 is 19.0 Å². The summed E-state index contributed by atoms with van der Waals surface area (Å²) in [6, 6.07) is 0. The Balaban J connectivity index is 2.05. The number of carbonyl (C=O) groups is 1. The summed E-state index contributed by atoms with van der Waals surface area (Å²) in [6.45, 7) is 5.90. The average molecular weight is 271 g/mol. The Labute approximate surface area is 115 Å². The summed E-state index contributed by atoms with van der Waals surface area (Å²) in [7, 11) is 1.56. The quantitative estimate of drug-likeness (QED) is 0.750. The number of fused-ring (bicyclic) bond motifs is 1. The molecule has 19 heavy (non-hydrogen) atoms. The van der Waals surface area contributed by atoms with Gasteiger partial charge in [-0.1, -0.05) is 0 Å². The maximum atomic E-state index is 12.0. The normalized spacial score (nSPS) is 31.1. The molecule has 2 rings (SSSR count). The summed E-state index contributed by atoms with van der Waals surface area (Å²) in [5, 5.41) is 0. The number of amides is 1. The Kier molecular flexibility index (Phi) is 5.19. The molecule has 0 aliphatic carbocycles. The van der Waals surface area contributed by atoms with Gasteiger partial charge in [-0.2, -0.15) is 0 Å². The lowest BCUT2D eigenvalue weighted by Gasteiger charge is -2.50. The monoisotopic (exact) mass is 271 g/mol. The molecule has 0 aromatic carbocycles. The Morgan fingerprint density at radius 1 is 1.53 bits per heavy atom. The van der Waals surface area contributed by atoms with E-state index in [4.69, 9.17) is 14.2 Å². The second-order valence-corrected chi connectivity index (χ2v) is 5.50. The van der Waals surface area contributed by atoms with Crippen LogP contribution in [0, 0.1) is 5.41 Å². The molecule has 0 saturated carbocycles. The zero-order valence-electron chi connectivity index (χ0n) is 12.0. The van der Waals surface area contributed by atoms with Gasteiger partial charge < -0.3 is 19.1 Å². The maximum absolute atomic E-state index is 12.0. The fourth-order valence-electron chi connectivity index (χ4n) is 3.23. The zero-order chi connectivity index (χ0) is 13.7. The van der Waals surface area contributed by atoms with Gasteiger partial charge in [-0.05, 0) is 26.2 Å². The number of hydrogen-bond acceptors (Lipinski definition) is 4. The molecule has 2 aliphatic rings. The highest BCUT2D eigenvalue weighted by molar-refractivity contribution is 5.77. The van der Waals surface area contributed by atoms with Crippen LogP contribution >= 0.6 is 0 Å². The van der Waals surface area contributed by atoms with Crippen molar-refractivity contribution in [2.24, 2.45) is 5.41 Å². The molecule has 2 atom stereocenters. The third kappa shape index (κ3) is 3.27. The Bertz CT molecular complexity index is 310. The van der Waals surface area contributed by atoms with Gasteiger partial charge in [0.2, 0.25) is 5.91 Å². The molecule has 0 aromatic rings. The zero-order valence-corrected chi connectivity index (χ0v) is 12.0. The van der Waals surface area contributed by atoms with Gasteiger partial charge in [-0.3, -0.25) is 4.79 Å². The van der Waals surface area contributed by atoms with Gasteiger partial charge in [0.15, 0.2) is 0 Å². The molecular weight excluding hydrogens is 246 g/mol. The highest BCUT2D eigenvalue weighted by Gasteiger charge is 2.47. The molecule has 0 radical (unpaired) electrons.